The molecule has 3 aromatic rings. The Labute approximate surface area is 224 Å². The van der Waals surface area contributed by atoms with E-state index in [4.69, 9.17) is 4.74 Å². The first-order valence-electron chi connectivity index (χ1n) is 12.2. The average Bonchev–Trinajstić information content (AvgIpc) is 2.93. The van der Waals surface area contributed by atoms with Crippen LogP contribution in [0.2, 0.25) is 0 Å². The van der Waals surface area contributed by atoms with E-state index in [9.17, 15) is 23.2 Å². The summed E-state index contributed by atoms with van der Waals surface area (Å²) in [6.07, 6.45) is 4.50. The minimum absolute atomic E-state index is 0.0271. The maximum absolute atomic E-state index is 14.1. The van der Waals surface area contributed by atoms with E-state index in [2.05, 4.69) is 18.5 Å². The SMILES string of the molecule is C=CCN1CN(C(C)C=C)n2cc(C(=O)NCc3ccc(F)cc3F)c(=O)c(OCc3ccccc3)c2C1=O. The van der Waals surface area contributed by atoms with Crippen molar-refractivity contribution in [3.8, 4) is 5.75 Å². The third-order valence-corrected chi connectivity index (χ3v) is 6.31. The van der Waals surface area contributed by atoms with E-state index in [1.165, 1.54) is 21.8 Å². The summed E-state index contributed by atoms with van der Waals surface area (Å²) < 4.78 is 34.7. The molecule has 0 saturated carbocycles. The number of nitrogens with zero attached hydrogens (tertiary/aromatic N) is 3. The molecule has 0 aliphatic carbocycles. The predicted octanol–water partition coefficient (Wildman–Crippen LogP) is 3.75. The number of pyridine rings is 1. The first-order chi connectivity index (χ1) is 18.7. The summed E-state index contributed by atoms with van der Waals surface area (Å²) >= 11 is 0. The quantitative estimate of drug-likeness (QED) is 0.401. The molecule has 8 nitrogen and oxygen atoms in total. The molecule has 2 aromatic carbocycles. The second-order valence-corrected chi connectivity index (χ2v) is 8.96. The fourth-order valence-corrected chi connectivity index (χ4v) is 4.14. The zero-order chi connectivity index (χ0) is 28.1. The maximum Gasteiger partial charge on any atom is 0.278 e. The number of hydrogen-bond acceptors (Lipinski definition) is 5. The molecule has 2 amide bonds. The van der Waals surface area contributed by atoms with Crippen LogP contribution in [0.5, 0.6) is 5.75 Å². The maximum atomic E-state index is 14.1. The van der Waals surface area contributed by atoms with Crippen molar-refractivity contribution in [2.24, 2.45) is 0 Å². The first kappa shape index (κ1) is 27.3. The standard InChI is InChI=1S/C29H28F2N4O4/c1-4-13-33-18-35(19(3)5-2)34-16-23(28(37)32-15-21-11-12-22(30)14-24(21)31)26(36)27(25(34)29(33)38)39-17-20-9-7-6-8-10-20/h4-12,14,16,19H,1-2,13,15,17-18H2,3H3,(H,32,37). The van der Waals surface area contributed by atoms with Crippen molar-refractivity contribution in [1.82, 2.24) is 14.9 Å². The van der Waals surface area contributed by atoms with Crippen LogP contribution in [0.25, 0.3) is 0 Å². The molecular formula is C29H28F2N4O4. The van der Waals surface area contributed by atoms with Crippen LogP contribution >= 0.6 is 0 Å². The number of aromatic nitrogens is 1. The number of amides is 2. The van der Waals surface area contributed by atoms with E-state index in [0.29, 0.717) is 6.07 Å². The summed E-state index contributed by atoms with van der Waals surface area (Å²) in [5, 5.41) is 4.25. The lowest BCUT2D eigenvalue weighted by molar-refractivity contribution is 0.0699. The molecule has 1 atom stereocenters. The van der Waals surface area contributed by atoms with Crippen LogP contribution in [0.15, 0.2) is 84.8 Å². The molecule has 1 N–H and O–H groups in total. The molecule has 1 aliphatic heterocycles. The van der Waals surface area contributed by atoms with Crippen molar-refractivity contribution in [2.75, 3.05) is 18.2 Å². The number of benzene rings is 2. The van der Waals surface area contributed by atoms with Gasteiger partial charge in [-0.05, 0) is 18.6 Å². The molecule has 0 radical (unpaired) electrons. The van der Waals surface area contributed by atoms with Crippen LogP contribution in [0.3, 0.4) is 0 Å². The molecular weight excluding hydrogens is 506 g/mol. The lowest BCUT2D eigenvalue weighted by atomic mass is 10.1. The molecule has 4 rings (SSSR count). The van der Waals surface area contributed by atoms with Gasteiger partial charge in [-0.15, -0.1) is 13.2 Å². The number of rotatable bonds is 10. The van der Waals surface area contributed by atoms with Crippen molar-refractivity contribution in [2.45, 2.75) is 26.1 Å². The topological polar surface area (TPSA) is 83.9 Å². The van der Waals surface area contributed by atoms with Crippen molar-refractivity contribution in [1.29, 1.82) is 0 Å². The largest absolute Gasteiger partial charge is 0.482 e. The van der Waals surface area contributed by atoms with Crippen molar-refractivity contribution < 1.29 is 23.1 Å². The van der Waals surface area contributed by atoms with Crippen LogP contribution in [0, 0.1) is 11.6 Å². The fourth-order valence-electron chi connectivity index (χ4n) is 4.14. The molecule has 1 aliphatic rings. The van der Waals surface area contributed by atoms with E-state index in [0.717, 1.165) is 11.6 Å². The van der Waals surface area contributed by atoms with Gasteiger partial charge in [0, 0.05) is 30.9 Å². The summed E-state index contributed by atoms with van der Waals surface area (Å²) in [6.45, 7) is 9.43. The predicted molar refractivity (Wildman–Crippen MR) is 143 cm³/mol. The summed E-state index contributed by atoms with van der Waals surface area (Å²) in [5.41, 5.74) is -0.357. The second-order valence-electron chi connectivity index (χ2n) is 8.96. The third-order valence-electron chi connectivity index (χ3n) is 6.31. The Morgan fingerprint density at radius 3 is 2.56 bits per heavy atom. The lowest BCUT2D eigenvalue weighted by Crippen LogP contribution is -2.57. The summed E-state index contributed by atoms with van der Waals surface area (Å²) in [5.74, 6) is -3.15. The lowest BCUT2D eigenvalue weighted by Gasteiger charge is -2.42. The number of halogens is 2. The van der Waals surface area contributed by atoms with Gasteiger partial charge in [-0.25, -0.2) is 8.78 Å². The van der Waals surface area contributed by atoms with Crippen LogP contribution in [0.1, 0.15) is 38.9 Å². The smallest absolute Gasteiger partial charge is 0.278 e. The molecule has 202 valence electrons. The molecule has 39 heavy (non-hydrogen) atoms. The van der Waals surface area contributed by atoms with Crippen molar-refractivity contribution in [3.05, 3.63) is 124 Å². The number of carbonyl (C=O) groups is 2. The van der Waals surface area contributed by atoms with Gasteiger partial charge in [0.05, 0.1) is 6.04 Å². The van der Waals surface area contributed by atoms with E-state index in [1.54, 1.807) is 29.3 Å². The van der Waals surface area contributed by atoms with Gasteiger partial charge in [0.2, 0.25) is 5.43 Å². The van der Waals surface area contributed by atoms with E-state index < -0.39 is 28.9 Å². The highest BCUT2D eigenvalue weighted by molar-refractivity contribution is 5.99. The highest BCUT2D eigenvalue weighted by atomic mass is 19.1. The Morgan fingerprint density at radius 2 is 1.90 bits per heavy atom. The fraction of sp³-hybridized carbons (Fsp3) is 0.207. The molecule has 0 fully saturated rings. The van der Waals surface area contributed by atoms with Gasteiger partial charge in [-0.3, -0.25) is 24.1 Å². The van der Waals surface area contributed by atoms with Gasteiger partial charge in [0.25, 0.3) is 11.8 Å². The number of hydrogen-bond donors (Lipinski definition) is 1. The Bertz CT molecular complexity index is 1470. The summed E-state index contributed by atoms with van der Waals surface area (Å²) in [7, 11) is 0. The Kier molecular flexibility index (Phi) is 8.24. The van der Waals surface area contributed by atoms with Crippen LogP contribution < -0.4 is 20.5 Å². The van der Waals surface area contributed by atoms with Gasteiger partial charge >= 0.3 is 0 Å². The van der Waals surface area contributed by atoms with Crippen LogP contribution in [-0.2, 0) is 13.2 Å². The van der Waals surface area contributed by atoms with E-state index >= 15 is 0 Å². The number of ether oxygens (including phenoxy) is 1. The summed E-state index contributed by atoms with van der Waals surface area (Å²) in [4.78, 5) is 41.8. The van der Waals surface area contributed by atoms with Gasteiger partial charge < -0.3 is 15.0 Å². The average molecular weight is 535 g/mol. The first-order valence-corrected chi connectivity index (χ1v) is 12.2. The Balaban J connectivity index is 1.79. The van der Waals surface area contributed by atoms with E-state index in [-0.39, 0.29) is 55.0 Å². The molecule has 2 heterocycles. The van der Waals surface area contributed by atoms with Gasteiger partial charge in [0.1, 0.15) is 30.5 Å². The Morgan fingerprint density at radius 1 is 1.15 bits per heavy atom. The highest BCUT2D eigenvalue weighted by Crippen LogP contribution is 2.25. The molecule has 1 unspecified atom stereocenters. The molecule has 0 bridgehead atoms. The number of carbonyl (C=O) groups excluding carboxylic acids is 2. The molecule has 1 aromatic heterocycles. The monoisotopic (exact) mass is 534 g/mol. The summed E-state index contributed by atoms with van der Waals surface area (Å²) in [6, 6.07) is 11.7. The van der Waals surface area contributed by atoms with E-state index in [1.807, 2.05) is 25.1 Å². The molecule has 0 saturated heterocycles. The molecule has 10 heteroatoms. The zero-order valence-electron chi connectivity index (χ0n) is 21.4. The number of nitrogens with one attached hydrogen (secondary N) is 1. The van der Waals surface area contributed by atoms with Gasteiger partial charge in [0.15, 0.2) is 11.4 Å². The van der Waals surface area contributed by atoms with Crippen LogP contribution in [0.4, 0.5) is 8.78 Å². The van der Waals surface area contributed by atoms with Crippen molar-refractivity contribution in [3.63, 3.8) is 0 Å². The van der Waals surface area contributed by atoms with Gasteiger partial charge in [-0.2, -0.15) is 0 Å². The molecule has 0 spiro atoms. The highest BCUT2D eigenvalue weighted by Gasteiger charge is 2.36. The minimum Gasteiger partial charge on any atom is -0.482 e. The van der Waals surface area contributed by atoms with Gasteiger partial charge in [-0.1, -0.05) is 48.6 Å². The van der Waals surface area contributed by atoms with Crippen molar-refractivity contribution >= 4 is 11.8 Å². The normalized spacial score (nSPS) is 13.5. The minimum atomic E-state index is -0.830. The number of fused-ring (bicyclic) bond motifs is 1. The van der Waals surface area contributed by atoms with Crippen LogP contribution in [-0.4, -0.2) is 40.6 Å². The Hall–Kier alpha value is -4.73. The zero-order valence-corrected chi connectivity index (χ0v) is 21.4. The third kappa shape index (κ3) is 5.74. The second kappa shape index (κ2) is 11.8.